The van der Waals surface area contributed by atoms with Gasteiger partial charge in [-0.3, -0.25) is 0 Å². The molecule has 3 aromatic carbocycles. The molecule has 3 rings (SSSR count). The Morgan fingerprint density at radius 2 is 0.829 bits per heavy atom. The number of benzene rings is 3. The minimum absolute atomic E-state index is 0.149. The van der Waals surface area contributed by atoms with Crippen LogP contribution in [0.3, 0.4) is 0 Å². The summed E-state index contributed by atoms with van der Waals surface area (Å²) in [5, 5.41) is 0.879. The van der Waals surface area contributed by atoms with Gasteiger partial charge in [0.1, 0.15) is 0 Å². The van der Waals surface area contributed by atoms with Crippen LogP contribution in [-0.2, 0) is 11.0 Å². The molecule has 0 amide bonds. The van der Waals surface area contributed by atoms with Crippen molar-refractivity contribution in [2.75, 3.05) is 0 Å². The van der Waals surface area contributed by atoms with Gasteiger partial charge >= 0.3 is 35.8 Å². The summed E-state index contributed by atoms with van der Waals surface area (Å²) < 4.78 is 188. The molecule has 0 bridgehead atoms. The topological polar surface area (TPSA) is 17.1 Å². The minimum atomic E-state index is -7.93. The fraction of sp³-hybridized carbons (Fsp3) is 0.308. The van der Waals surface area contributed by atoms with Crippen molar-refractivity contribution in [3.05, 3.63) is 90.5 Å². The Morgan fingerprint density at radius 3 is 1.22 bits per heavy atom. The molecule has 0 heterocycles. The first-order chi connectivity index (χ1) is 18.6. The van der Waals surface area contributed by atoms with Crippen molar-refractivity contribution < 1.29 is 61.6 Å². The Balaban J connectivity index is 1.89. The van der Waals surface area contributed by atoms with E-state index in [2.05, 4.69) is 0 Å². The van der Waals surface area contributed by atoms with Gasteiger partial charge in [0.15, 0.2) is 7.14 Å². The lowest BCUT2D eigenvalue weighted by molar-refractivity contribution is -0.440. The molecular weight excluding hydrogens is 606 g/mol. The van der Waals surface area contributed by atoms with Crippen molar-refractivity contribution >= 4 is 23.1 Å². The summed E-state index contributed by atoms with van der Waals surface area (Å²) in [6.07, 6.45) is -11.0. The average molecular weight is 624 g/mol. The van der Waals surface area contributed by atoms with Gasteiger partial charge in [-0.05, 0) is 12.0 Å². The number of aryl methyl sites for hydroxylation is 1. The molecule has 3 aromatic rings. The maximum absolute atomic E-state index is 14.2. The fourth-order valence-electron chi connectivity index (χ4n) is 3.86. The van der Waals surface area contributed by atoms with Crippen LogP contribution in [0.15, 0.2) is 84.9 Å². The van der Waals surface area contributed by atoms with Crippen molar-refractivity contribution in [1.29, 1.82) is 0 Å². The second-order valence-electron chi connectivity index (χ2n) is 8.95. The molecule has 1 nitrogen and oxygen atoms in total. The molecule has 0 aliphatic carbocycles. The van der Waals surface area contributed by atoms with Crippen molar-refractivity contribution in [3.8, 4) is 0 Å². The van der Waals surface area contributed by atoms with E-state index in [1.807, 2.05) is 0 Å². The molecule has 0 aliphatic rings. The highest BCUT2D eigenvalue weighted by Gasteiger charge is 2.90. The zero-order valence-corrected chi connectivity index (χ0v) is 21.2. The fourth-order valence-corrected chi connectivity index (χ4v) is 6.50. The van der Waals surface area contributed by atoms with Crippen molar-refractivity contribution in [2.24, 2.45) is 0 Å². The van der Waals surface area contributed by atoms with Gasteiger partial charge in [0, 0.05) is 22.3 Å². The number of hydrogen-bond donors (Lipinski definition) is 0. The second kappa shape index (κ2) is 10.7. The predicted molar refractivity (Wildman–Crippen MR) is 125 cm³/mol. The van der Waals surface area contributed by atoms with E-state index in [-0.39, 0.29) is 10.9 Å². The van der Waals surface area contributed by atoms with E-state index in [4.69, 9.17) is 0 Å². The maximum atomic E-state index is 14.2. The molecule has 0 aliphatic heterocycles. The highest BCUT2D eigenvalue weighted by atomic mass is 31.2. The number of halogens is 13. The molecule has 0 atom stereocenters. The van der Waals surface area contributed by atoms with Crippen LogP contribution in [-0.4, -0.2) is 35.8 Å². The Morgan fingerprint density at radius 1 is 0.463 bits per heavy atom. The Labute approximate surface area is 224 Å². The highest BCUT2D eigenvalue weighted by Crippen LogP contribution is 2.60. The lowest BCUT2D eigenvalue weighted by atomic mass is 9.91. The summed E-state index contributed by atoms with van der Waals surface area (Å²) >= 11 is 0. The molecule has 0 radical (unpaired) electrons. The van der Waals surface area contributed by atoms with Gasteiger partial charge in [-0.25, -0.2) is 0 Å². The van der Waals surface area contributed by atoms with Crippen LogP contribution in [0.4, 0.5) is 57.1 Å². The molecular formula is C26H18F13OP. The second-order valence-corrected chi connectivity index (χ2v) is 11.7. The Hall–Kier alpha value is -3.02. The molecule has 0 fully saturated rings. The highest BCUT2D eigenvalue weighted by molar-refractivity contribution is 7.85. The third kappa shape index (κ3) is 5.35. The van der Waals surface area contributed by atoms with Crippen LogP contribution in [0.5, 0.6) is 0 Å². The van der Waals surface area contributed by atoms with Crippen molar-refractivity contribution in [1.82, 2.24) is 0 Å². The molecule has 0 aromatic heterocycles. The molecule has 0 spiro atoms. The van der Waals surface area contributed by atoms with Gasteiger partial charge in [-0.1, -0.05) is 84.9 Å². The predicted octanol–water partition coefficient (Wildman–Crippen LogP) is 8.00. The molecule has 15 heteroatoms. The monoisotopic (exact) mass is 624 g/mol. The minimum Gasteiger partial charge on any atom is -0.309 e. The molecule has 0 saturated carbocycles. The summed E-state index contributed by atoms with van der Waals surface area (Å²) in [6, 6.07) is 20.4. The molecule has 41 heavy (non-hydrogen) atoms. The van der Waals surface area contributed by atoms with Crippen molar-refractivity contribution in [2.45, 2.75) is 48.6 Å². The first-order valence-corrected chi connectivity index (χ1v) is 13.1. The van der Waals surface area contributed by atoms with Gasteiger partial charge < -0.3 is 4.57 Å². The van der Waals surface area contributed by atoms with Gasteiger partial charge in [-0.15, -0.1) is 0 Å². The Kier molecular flexibility index (Phi) is 8.46. The van der Waals surface area contributed by atoms with Crippen molar-refractivity contribution in [3.63, 3.8) is 0 Å². The maximum Gasteiger partial charge on any atom is 0.460 e. The van der Waals surface area contributed by atoms with E-state index in [1.54, 1.807) is 60.7 Å². The first kappa shape index (κ1) is 32.5. The number of rotatable bonds is 10. The van der Waals surface area contributed by atoms with Crippen LogP contribution < -0.4 is 15.9 Å². The summed E-state index contributed by atoms with van der Waals surface area (Å²) in [7, 11) is -3.56. The van der Waals surface area contributed by atoms with E-state index < -0.39 is 55.8 Å². The third-order valence-electron chi connectivity index (χ3n) is 6.27. The zero-order valence-electron chi connectivity index (χ0n) is 20.3. The van der Waals surface area contributed by atoms with Crippen LogP contribution >= 0.6 is 7.14 Å². The average Bonchev–Trinajstić information content (AvgIpc) is 2.91. The molecule has 224 valence electrons. The zero-order chi connectivity index (χ0) is 31.1. The van der Waals surface area contributed by atoms with Crippen LogP contribution in [0.2, 0.25) is 0 Å². The van der Waals surface area contributed by atoms with Gasteiger partial charge in [0.2, 0.25) is 0 Å². The van der Waals surface area contributed by atoms with E-state index in [1.165, 1.54) is 12.1 Å². The Bertz CT molecular complexity index is 1330. The molecule has 0 saturated heterocycles. The van der Waals surface area contributed by atoms with Gasteiger partial charge in [-0.2, -0.15) is 57.1 Å². The summed E-state index contributed by atoms with van der Waals surface area (Å²) in [5.41, 5.74) is -0.271. The molecule has 0 unspecified atom stereocenters. The van der Waals surface area contributed by atoms with Crippen LogP contribution in [0.1, 0.15) is 12.0 Å². The summed E-state index contributed by atoms with van der Waals surface area (Å²) in [6.45, 7) is 0. The van der Waals surface area contributed by atoms with E-state index in [0.717, 1.165) is 12.1 Å². The van der Waals surface area contributed by atoms with E-state index in [9.17, 15) is 61.6 Å². The third-order valence-corrected chi connectivity index (χ3v) is 9.34. The summed E-state index contributed by atoms with van der Waals surface area (Å²) in [4.78, 5) is 0. The normalized spacial score (nSPS) is 14.3. The lowest BCUT2D eigenvalue weighted by Crippen LogP contribution is -2.70. The van der Waals surface area contributed by atoms with Crippen LogP contribution in [0.25, 0.3) is 0 Å². The van der Waals surface area contributed by atoms with E-state index >= 15 is 0 Å². The van der Waals surface area contributed by atoms with Crippen LogP contribution in [0, 0.1) is 0 Å². The number of hydrogen-bond acceptors (Lipinski definition) is 1. The lowest BCUT2D eigenvalue weighted by Gasteiger charge is -2.39. The van der Waals surface area contributed by atoms with Gasteiger partial charge in [0.25, 0.3) is 0 Å². The smallest absolute Gasteiger partial charge is 0.309 e. The standard InChI is InChI=1S/C26H18F13OP/c27-21(28,22(29,30)23(31,32)24(33,34)25(35,36)26(37,38)39)16-15-17-11-13-20(14-12-17)41(40,18-7-3-1-4-8-18)19-9-5-2-6-10-19/h1-14H,15-16H2. The first-order valence-electron chi connectivity index (χ1n) is 11.4. The number of alkyl halides is 13. The quantitative estimate of drug-likeness (QED) is 0.165. The molecule has 0 N–H and O–H groups in total. The summed E-state index contributed by atoms with van der Waals surface area (Å²) in [5.74, 6) is -37.0. The van der Waals surface area contributed by atoms with Gasteiger partial charge in [0.05, 0.1) is 0 Å². The van der Waals surface area contributed by atoms with E-state index in [0.29, 0.717) is 10.6 Å². The largest absolute Gasteiger partial charge is 0.460 e. The SMILES string of the molecule is O=P(c1ccccc1)(c1ccccc1)c1ccc(CCC(F)(F)C(F)(F)C(F)(F)C(F)(F)C(F)(F)C(F)(F)F)cc1.